The number of benzene rings is 1. The van der Waals surface area contributed by atoms with Gasteiger partial charge in [-0.15, -0.1) is 0 Å². The van der Waals surface area contributed by atoms with Crippen LogP contribution in [0.15, 0.2) is 18.2 Å². The van der Waals surface area contributed by atoms with Crippen molar-refractivity contribution >= 4 is 0 Å². The summed E-state index contributed by atoms with van der Waals surface area (Å²) in [5, 5.41) is 3.50. The highest BCUT2D eigenvalue weighted by Crippen LogP contribution is 2.30. The molecule has 1 aliphatic carbocycles. The molecule has 0 radical (unpaired) electrons. The van der Waals surface area contributed by atoms with Gasteiger partial charge in [-0.2, -0.15) is 0 Å². The van der Waals surface area contributed by atoms with Gasteiger partial charge in [0.25, 0.3) is 0 Å². The molecular formula is C16H22FNO2. The summed E-state index contributed by atoms with van der Waals surface area (Å²) in [7, 11) is 0. The summed E-state index contributed by atoms with van der Waals surface area (Å²) in [6, 6.07) is 5.66. The molecule has 1 aromatic rings. The largest absolute Gasteiger partial charge is 0.490 e. The van der Waals surface area contributed by atoms with Gasteiger partial charge in [-0.05, 0) is 49.3 Å². The van der Waals surface area contributed by atoms with Crippen LogP contribution in [0.1, 0.15) is 31.2 Å². The van der Waals surface area contributed by atoms with Gasteiger partial charge in [0, 0.05) is 25.8 Å². The number of rotatable bonds is 6. The molecule has 2 aliphatic rings. The Morgan fingerprint density at radius 3 is 2.75 bits per heavy atom. The summed E-state index contributed by atoms with van der Waals surface area (Å²) in [4.78, 5) is 0. The summed E-state index contributed by atoms with van der Waals surface area (Å²) in [6.07, 6.45) is 4.53. The first kappa shape index (κ1) is 13.8. The van der Waals surface area contributed by atoms with Crippen LogP contribution in [0.25, 0.3) is 0 Å². The maximum absolute atomic E-state index is 13.7. The highest BCUT2D eigenvalue weighted by atomic mass is 19.1. The molecule has 110 valence electrons. The zero-order valence-electron chi connectivity index (χ0n) is 11.7. The van der Waals surface area contributed by atoms with E-state index in [0.717, 1.165) is 38.2 Å². The Bertz CT molecular complexity index is 442. The van der Waals surface area contributed by atoms with Crippen LogP contribution in [0.5, 0.6) is 5.75 Å². The lowest BCUT2D eigenvalue weighted by Gasteiger charge is -2.23. The fourth-order valence-electron chi connectivity index (χ4n) is 2.42. The first-order chi connectivity index (χ1) is 9.81. The van der Waals surface area contributed by atoms with E-state index in [1.54, 1.807) is 0 Å². The van der Waals surface area contributed by atoms with Crippen molar-refractivity contribution in [3.8, 4) is 5.75 Å². The summed E-state index contributed by atoms with van der Waals surface area (Å²) in [5.41, 5.74) is 1.07. The van der Waals surface area contributed by atoms with Crippen LogP contribution in [0.2, 0.25) is 0 Å². The Labute approximate surface area is 119 Å². The molecule has 0 amide bonds. The molecule has 1 saturated carbocycles. The molecule has 1 N–H and O–H groups in total. The van der Waals surface area contributed by atoms with E-state index in [1.807, 2.05) is 12.1 Å². The molecule has 3 nitrogen and oxygen atoms in total. The maximum atomic E-state index is 13.7. The Morgan fingerprint density at radius 2 is 2.00 bits per heavy atom. The zero-order chi connectivity index (χ0) is 13.8. The molecule has 1 aliphatic heterocycles. The van der Waals surface area contributed by atoms with Crippen LogP contribution in [0, 0.1) is 11.7 Å². The van der Waals surface area contributed by atoms with Gasteiger partial charge in [-0.3, -0.25) is 0 Å². The number of halogens is 1. The van der Waals surface area contributed by atoms with Gasteiger partial charge in [-0.1, -0.05) is 6.07 Å². The molecule has 2 fully saturated rings. The predicted octanol–water partition coefficient (Wildman–Crippen LogP) is 2.88. The third-order valence-electron chi connectivity index (χ3n) is 3.98. The molecule has 1 aromatic carbocycles. The molecule has 0 aromatic heterocycles. The van der Waals surface area contributed by atoms with E-state index < -0.39 is 0 Å². The van der Waals surface area contributed by atoms with E-state index >= 15 is 0 Å². The third kappa shape index (κ3) is 3.93. The highest BCUT2D eigenvalue weighted by Gasteiger charge is 2.22. The summed E-state index contributed by atoms with van der Waals surface area (Å²) < 4.78 is 24.6. The molecule has 1 saturated heterocycles. The minimum Gasteiger partial charge on any atom is -0.490 e. The third-order valence-corrected chi connectivity index (χ3v) is 3.98. The van der Waals surface area contributed by atoms with E-state index in [4.69, 9.17) is 9.47 Å². The van der Waals surface area contributed by atoms with Crippen molar-refractivity contribution in [2.45, 2.75) is 38.3 Å². The minimum atomic E-state index is -0.263. The number of hydrogen-bond donors (Lipinski definition) is 1. The number of hydrogen-bond acceptors (Lipinski definition) is 3. The molecular weight excluding hydrogens is 257 g/mol. The Balaban J connectivity index is 1.53. The van der Waals surface area contributed by atoms with Gasteiger partial charge in [0.1, 0.15) is 0 Å². The second-order valence-corrected chi connectivity index (χ2v) is 5.79. The van der Waals surface area contributed by atoms with Crippen molar-refractivity contribution < 1.29 is 13.9 Å². The van der Waals surface area contributed by atoms with Crippen molar-refractivity contribution in [2.24, 2.45) is 5.92 Å². The highest BCUT2D eigenvalue weighted by molar-refractivity contribution is 5.30. The van der Waals surface area contributed by atoms with Crippen LogP contribution in [-0.2, 0) is 11.3 Å². The van der Waals surface area contributed by atoms with E-state index in [9.17, 15) is 4.39 Å². The molecule has 0 bridgehead atoms. The van der Waals surface area contributed by atoms with Gasteiger partial charge in [0.15, 0.2) is 11.6 Å². The average Bonchev–Trinajstić information content (AvgIpc) is 3.30. The van der Waals surface area contributed by atoms with Crippen molar-refractivity contribution in [1.29, 1.82) is 0 Å². The lowest BCUT2D eigenvalue weighted by atomic mass is 10.1. The molecule has 4 heteroatoms. The summed E-state index contributed by atoms with van der Waals surface area (Å²) in [6.45, 7) is 3.06. The zero-order valence-corrected chi connectivity index (χ0v) is 11.7. The van der Waals surface area contributed by atoms with Gasteiger partial charge in [-0.25, -0.2) is 4.39 Å². The van der Waals surface area contributed by atoms with Crippen molar-refractivity contribution in [1.82, 2.24) is 5.32 Å². The predicted molar refractivity (Wildman–Crippen MR) is 75.3 cm³/mol. The molecule has 3 rings (SSSR count). The van der Waals surface area contributed by atoms with Crippen molar-refractivity contribution in [2.75, 3.05) is 19.8 Å². The van der Waals surface area contributed by atoms with Gasteiger partial charge in [0.2, 0.25) is 0 Å². The maximum Gasteiger partial charge on any atom is 0.165 e. The van der Waals surface area contributed by atoms with Crippen LogP contribution in [0.4, 0.5) is 4.39 Å². The number of nitrogens with one attached hydrogen (secondary N) is 1. The Morgan fingerprint density at radius 1 is 1.20 bits per heavy atom. The number of ether oxygens (including phenoxy) is 2. The summed E-state index contributed by atoms with van der Waals surface area (Å²) in [5.74, 6) is 0.766. The molecule has 0 spiro atoms. The SMILES string of the molecule is Fc1ccc(CNC2CCOCC2)cc1OCC1CC1. The summed E-state index contributed by atoms with van der Waals surface area (Å²) >= 11 is 0. The Kier molecular flexibility index (Phi) is 4.53. The van der Waals surface area contributed by atoms with Gasteiger partial charge >= 0.3 is 0 Å². The van der Waals surface area contributed by atoms with E-state index in [2.05, 4.69) is 5.32 Å². The van der Waals surface area contributed by atoms with E-state index in [0.29, 0.717) is 24.3 Å². The average molecular weight is 279 g/mol. The quantitative estimate of drug-likeness (QED) is 0.868. The van der Waals surface area contributed by atoms with Crippen LogP contribution in [-0.4, -0.2) is 25.9 Å². The van der Waals surface area contributed by atoms with Crippen LogP contribution >= 0.6 is 0 Å². The fraction of sp³-hybridized carbons (Fsp3) is 0.625. The first-order valence-electron chi connectivity index (χ1n) is 7.53. The topological polar surface area (TPSA) is 30.5 Å². The lowest BCUT2D eigenvalue weighted by molar-refractivity contribution is 0.0776. The normalized spacial score (nSPS) is 20.1. The molecule has 1 heterocycles. The molecule has 0 unspecified atom stereocenters. The van der Waals surface area contributed by atoms with Crippen LogP contribution in [0.3, 0.4) is 0 Å². The van der Waals surface area contributed by atoms with Crippen molar-refractivity contribution in [3.05, 3.63) is 29.6 Å². The van der Waals surface area contributed by atoms with Gasteiger partial charge in [0.05, 0.1) is 6.61 Å². The van der Waals surface area contributed by atoms with E-state index in [1.165, 1.54) is 18.9 Å². The second kappa shape index (κ2) is 6.55. The second-order valence-electron chi connectivity index (χ2n) is 5.79. The van der Waals surface area contributed by atoms with Gasteiger partial charge < -0.3 is 14.8 Å². The standard InChI is InChI=1S/C16H22FNO2/c17-15-4-3-13(9-16(15)20-11-12-1-2-12)10-18-14-5-7-19-8-6-14/h3-4,9,12,14,18H,1-2,5-8,10-11H2. The lowest BCUT2D eigenvalue weighted by Crippen LogP contribution is -2.34. The van der Waals surface area contributed by atoms with Crippen LogP contribution < -0.4 is 10.1 Å². The van der Waals surface area contributed by atoms with Crippen molar-refractivity contribution in [3.63, 3.8) is 0 Å². The first-order valence-corrected chi connectivity index (χ1v) is 7.53. The fourth-order valence-corrected chi connectivity index (χ4v) is 2.42. The monoisotopic (exact) mass is 279 g/mol. The Hall–Kier alpha value is -1.13. The van der Waals surface area contributed by atoms with E-state index in [-0.39, 0.29) is 5.82 Å². The smallest absolute Gasteiger partial charge is 0.165 e. The molecule has 20 heavy (non-hydrogen) atoms. The molecule has 0 atom stereocenters. The minimum absolute atomic E-state index is 0.263.